The van der Waals surface area contributed by atoms with Gasteiger partial charge in [-0.15, -0.1) is 0 Å². The lowest BCUT2D eigenvalue weighted by atomic mass is 10.0. The van der Waals surface area contributed by atoms with E-state index in [-0.39, 0.29) is 11.4 Å². The minimum atomic E-state index is -0.266. The van der Waals surface area contributed by atoms with Gasteiger partial charge in [0.25, 0.3) is 5.56 Å². The average molecular weight is 298 g/mol. The van der Waals surface area contributed by atoms with Crippen molar-refractivity contribution < 1.29 is 4.39 Å². The molecule has 0 atom stereocenters. The Labute approximate surface area is 123 Å². The van der Waals surface area contributed by atoms with Crippen LogP contribution in [0.15, 0.2) is 47.4 Å². The number of aromatic nitrogens is 2. The van der Waals surface area contributed by atoms with Crippen LogP contribution in [-0.4, -0.2) is 8.94 Å². The average Bonchev–Trinajstić information content (AvgIpc) is 3.00. The molecule has 0 bridgehead atoms. The smallest absolute Gasteiger partial charge is 0.268 e. The molecule has 0 fully saturated rings. The minimum absolute atomic E-state index is 0.0164. The summed E-state index contributed by atoms with van der Waals surface area (Å²) in [5, 5.41) is 1.67. The standard InChI is InChI=1S/C16H11FN2OS/c1-19-16(20)12-6-9(2-5-15(12)21-19)13-8-18-14-7-10(17)3-4-11(13)14/h2-8,18H,1H3. The highest BCUT2D eigenvalue weighted by Crippen LogP contribution is 2.31. The molecule has 0 amide bonds. The van der Waals surface area contributed by atoms with Gasteiger partial charge in [0.1, 0.15) is 5.82 Å². The number of halogens is 1. The van der Waals surface area contributed by atoms with Crippen LogP contribution in [0.1, 0.15) is 0 Å². The first-order valence-corrected chi connectivity index (χ1v) is 7.28. The molecule has 104 valence electrons. The predicted molar refractivity (Wildman–Crippen MR) is 84.3 cm³/mol. The van der Waals surface area contributed by atoms with Crippen molar-refractivity contribution >= 4 is 32.5 Å². The van der Waals surface area contributed by atoms with Crippen molar-refractivity contribution in [3.05, 3.63) is 58.8 Å². The third-order valence-electron chi connectivity index (χ3n) is 3.69. The van der Waals surface area contributed by atoms with E-state index in [0.717, 1.165) is 32.1 Å². The summed E-state index contributed by atoms with van der Waals surface area (Å²) in [6.45, 7) is 0. The number of fused-ring (bicyclic) bond motifs is 2. The van der Waals surface area contributed by atoms with Crippen LogP contribution in [0.25, 0.3) is 32.1 Å². The topological polar surface area (TPSA) is 37.8 Å². The van der Waals surface area contributed by atoms with E-state index in [1.165, 1.54) is 23.7 Å². The molecule has 0 unspecified atom stereocenters. The van der Waals surface area contributed by atoms with E-state index < -0.39 is 0 Å². The molecule has 0 aliphatic rings. The van der Waals surface area contributed by atoms with Crippen molar-refractivity contribution in [3.63, 3.8) is 0 Å². The highest BCUT2D eigenvalue weighted by Gasteiger charge is 2.10. The van der Waals surface area contributed by atoms with Gasteiger partial charge in [0, 0.05) is 29.7 Å². The van der Waals surface area contributed by atoms with Gasteiger partial charge in [-0.3, -0.25) is 8.75 Å². The van der Waals surface area contributed by atoms with Gasteiger partial charge in [-0.1, -0.05) is 17.6 Å². The fraction of sp³-hybridized carbons (Fsp3) is 0.0625. The van der Waals surface area contributed by atoms with Crippen LogP contribution in [0.4, 0.5) is 4.39 Å². The van der Waals surface area contributed by atoms with Crippen LogP contribution in [0.2, 0.25) is 0 Å². The largest absolute Gasteiger partial charge is 0.360 e. The zero-order valence-corrected chi connectivity index (χ0v) is 12.0. The summed E-state index contributed by atoms with van der Waals surface area (Å²) in [4.78, 5) is 15.1. The monoisotopic (exact) mass is 298 g/mol. The second-order valence-electron chi connectivity index (χ2n) is 5.00. The Morgan fingerprint density at radius 1 is 1.14 bits per heavy atom. The third-order valence-corrected chi connectivity index (χ3v) is 4.68. The van der Waals surface area contributed by atoms with Crippen molar-refractivity contribution in [1.82, 2.24) is 8.94 Å². The Balaban J connectivity index is 1.99. The van der Waals surface area contributed by atoms with Gasteiger partial charge in [-0.05, 0) is 35.9 Å². The van der Waals surface area contributed by atoms with Crippen molar-refractivity contribution in [3.8, 4) is 11.1 Å². The number of nitrogens with one attached hydrogen (secondary N) is 1. The number of H-pyrrole nitrogens is 1. The van der Waals surface area contributed by atoms with Gasteiger partial charge in [-0.25, -0.2) is 4.39 Å². The van der Waals surface area contributed by atoms with Gasteiger partial charge in [-0.2, -0.15) is 0 Å². The number of hydrogen-bond donors (Lipinski definition) is 1. The van der Waals surface area contributed by atoms with Crippen molar-refractivity contribution in [2.75, 3.05) is 0 Å². The Hall–Kier alpha value is -2.40. The zero-order valence-electron chi connectivity index (χ0n) is 11.2. The molecule has 0 spiro atoms. The lowest BCUT2D eigenvalue weighted by molar-refractivity contribution is 0.629. The van der Waals surface area contributed by atoms with Crippen LogP contribution < -0.4 is 5.56 Å². The molecule has 0 radical (unpaired) electrons. The summed E-state index contributed by atoms with van der Waals surface area (Å²) in [6.07, 6.45) is 1.85. The number of hydrogen-bond acceptors (Lipinski definition) is 2. The first kappa shape index (κ1) is 12.3. The van der Waals surface area contributed by atoms with Gasteiger partial charge < -0.3 is 4.98 Å². The third kappa shape index (κ3) is 1.81. The van der Waals surface area contributed by atoms with E-state index in [9.17, 15) is 9.18 Å². The molecule has 3 nitrogen and oxygen atoms in total. The summed E-state index contributed by atoms with van der Waals surface area (Å²) < 4.78 is 15.8. The molecule has 2 aromatic carbocycles. The summed E-state index contributed by atoms with van der Waals surface area (Å²) >= 11 is 1.44. The Bertz CT molecular complexity index is 1040. The van der Waals surface area contributed by atoms with Gasteiger partial charge in [0.2, 0.25) is 0 Å². The fourth-order valence-electron chi connectivity index (χ4n) is 2.64. The fourth-order valence-corrected chi connectivity index (χ4v) is 3.49. The van der Waals surface area contributed by atoms with Gasteiger partial charge in [0.05, 0.1) is 10.1 Å². The lowest BCUT2D eigenvalue weighted by Gasteiger charge is -1.99. The highest BCUT2D eigenvalue weighted by molar-refractivity contribution is 7.13. The quantitative estimate of drug-likeness (QED) is 0.569. The van der Waals surface area contributed by atoms with Crippen molar-refractivity contribution in [1.29, 1.82) is 0 Å². The molecule has 4 aromatic rings. The normalized spacial score (nSPS) is 11.5. The predicted octanol–water partition coefficient (Wildman–Crippen LogP) is 3.89. The van der Waals surface area contributed by atoms with E-state index >= 15 is 0 Å². The highest BCUT2D eigenvalue weighted by atomic mass is 32.1. The molecule has 0 saturated carbocycles. The molecule has 4 rings (SSSR count). The second kappa shape index (κ2) is 4.30. The van der Waals surface area contributed by atoms with Crippen LogP contribution >= 0.6 is 11.5 Å². The van der Waals surface area contributed by atoms with Crippen LogP contribution in [0.3, 0.4) is 0 Å². The number of nitrogens with zero attached hydrogens (tertiary/aromatic N) is 1. The maximum absolute atomic E-state index is 13.2. The molecule has 5 heteroatoms. The van der Waals surface area contributed by atoms with E-state index in [4.69, 9.17) is 0 Å². The SMILES string of the molecule is Cn1sc2ccc(-c3c[nH]c4cc(F)ccc34)cc2c1=O. The first-order chi connectivity index (χ1) is 10.1. The van der Waals surface area contributed by atoms with E-state index in [2.05, 4.69) is 4.98 Å². The second-order valence-corrected chi connectivity index (χ2v) is 6.17. The maximum Gasteiger partial charge on any atom is 0.268 e. The zero-order chi connectivity index (χ0) is 14.6. The number of aryl methyl sites for hydroxylation is 1. The number of rotatable bonds is 1. The molecule has 2 heterocycles. The molecule has 21 heavy (non-hydrogen) atoms. The molecular formula is C16H11FN2OS. The first-order valence-electron chi connectivity index (χ1n) is 6.50. The minimum Gasteiger partial charge on any atom is -0.360 e. The lowest BCUT2D eigenvalue weighted by Crippen LogP contribution is -2.07. The van der Waals surface area contributed by atoms with Crippen molar-refractivity contribution in [2.45, 2.75) is 0 Å². The van der Waals surface area contributed by atoms with E-state index in [1.54, 1.807) is 17.1 Å². The van der Waals surface area contributed by atoms with E-state index in [1.807, 2.05) is 24.4 Å². The summed E-state index contributed by atoms with van der Waals surface area (Å²) in [7, 11) is 1.77. The summed E-state index contributed by atoms with van der Waals surface area (Å²) in [6, 6.07) is 10.5. The maximum atomic E-state index is 13.2. The molecule has 1 N–H and O–H groups in total. The van der Waals surface area contributed by atoms with Gasteiger partial charge >= 0.3 is 0 Å². The molecule has 0 aliphatic carbocycles. The van der Waals surface area contributed by atoms with Crippen LogP contribution in [0.5, 0.6) is 0 Å². The Morgan fingerprint density at radius 3 is 2.86 bits per heavy atom. The molecule has 0 aliphatic heterocycles. The van der Waals surface area contributed by atoms with Gasteiger partial charge in [0.15, 0.2) is 0 Å². The molecular weight excluding hydrogens is 287 g/mol. The summed E-state index contributed by atoms with van der Waals surface area (Å²) in [5.41, 5.74) is 2.70. The van der Waals surface area contributed by atoms with Crippen LogP contribution in [-0.2, 0) is 7.05 Å². The Morgan fingerprint density at radius 2 is 2.00 bits per heavy atom. The Kier molecular flexibility index (Phi) is 2.53. The molecule has 0 saturated heterocycles. The van der Waals surface area contributed by atoms with Crippen molar-refractivity contribution in [2.24, 2.45) is 7.05 Å². The molecule has 2 aromatic heterocycles. The van der Waals surface area contributed by atoms with Crippen LogP contribution in [0, 0.1) is 5.82 Å². The number of benzene rings is 2. The number of aromatic amines is 1. The van der Waals surface area contributed by atoms with E-state index in [0.29, 0.717) is 0 Å². The summed E-state index contributed by atoms with van der Waals surface area (Å²) in [5.74, 6) is -0.266.